The number of carbonyl (C=O) groups is 1. The third kappa shape index (κ3) is 5.56. The van der Waals surface area contributed by atoms with E-state index in [0.717, 1.165) is 36.8 Å². The lowest BCUT2D eigenvalue weighted by Crippen LogP contribution is -2.26. The Morgan fingerprint density at radius 1 is 1.03 bits per heavy atom. The van der Waals surface area contributed by atoms with Gasteiger partial charge in [-0.1, -0.05) is 35.9 Å². The SMILES string of the molecule is CN(Cc1ccncc1)C(=O)c1ccc(C[C@@H]2CC[C@H]([C@H](O)c3ccc(Cl)cc3)C2)cc1. The minimum absolute atomic E-state index is 0.0142. The van der Waals surface area contributed by atoms with Gasteiger partial charge in [-0.05, 0) is 90.6 Å². The van der Waals surface area contributed by atoms with Crippen LogP contribution in [0.5, 0.6) is 0 Å². The monoisotopic (exact) mass is 448 g/mol. The van der Waals surface area contributed by atoms with Crippen molar-refractivity contribution in [2.75, 3.05) is 7.05 Å². The van der Waals surface area contributed by atoms with Crippen molar-refractivity contribution in [3.05, 3.63) is 100 Å². The van der Waals surface area contributed by atoms with Gasteiger partial charge in [0.1, 0.15) is 0 Å². The smallest absolute Gasteiger partial charge is 0.253 e. The largest absolute Gasteiger partial charge is 0.388 e. The van der Waals surface area contributed by atoms with Gasteiger partial charge in [0.2, 0.25) is 0 Å². The second-order valence-electron chi connectivity index (χ2n) is 8.85. The van der Waals surface area contributed by atoms with E-state index in [1.807, 2.05) is 55.6 Å². The van der Waals surface area contributed by atoms with Crippen LogP contribution in [-0.4, -0.2) is 27.9 Å². The maximum Gasteiger partial charge on any atom is 0.253 e. The van der Waals surface area contributed by atoms with Crippen LogP contribution < -0.4 is 0 Å². The Labute approximate surface area is 194 Å². The first-order valence-corrected chi connectivity index (χ1v) is 11.5. The lowest BCUT2D eigenvalue weighted by atomic mass is 9.91. The molecule has 5 heteroatoms. The highest BCUT2D eigenvalue weighted by atomic mass is 35.5. The molecule has 1 N–H and O–H groups in total. The molecule has 1 aliphatic rings. The first-order chi connectivity index (χ1) is 15.5. The fourth-order valence-corrected chi connectivity index (χ4v) is 4.81. The minimum atomic E-state index is -0.437. The molecule has 1 saturated carbocycles. The van der Waals surface area contributed by atoms with Crippen molar-refractivity contribution < 1.29 is 9.90 Å². The first kappa shape index (κ1) is 22.5. The van der Waals surface area contributed by atoms with Crippen molar-refractivity contribution in [2.24, 2.45) is 11.8 Å². The Balaban J connectivity index is 1.31. The summed E-state index contributed by atoms with van der Waals surface area (Å²) in [4.78, 5) is 18.5. The zero-order chi connectivity index (χ0) is 22.5. The van der Waals surface area contributed by atoms with Gasteiger partial charge in [-0.3, -0.25) is 9.78 Å². The van der Waals surface area contributed by atoms with Gasteiger partial charge in [0.15, 0.2) is 0 Å². The standard InChI is InChI=1S/C27H29ClN2O2/c1-30(18-20-12-14-29-15-13-20)27(32)23-5-2-19(3-6-23)16-21-4-7-24(17-21)26(31)22-8-10-25(28)11-9-22/h2-3,5-6,8-15,21,24,26,31H,4,7,16-18H2,1H3/t21-,24-,26+/m0/s1. The summed E-state index contributed by atoms with van der Waals surface area (Å²) in [5.74, 6) is 0.849. The van der Waals surface area contributed by atoms with Gasteiger partial charge in [0.05, 0.1) is 6.10 Å². The number of halogens is 1. The van der Waals surface area contributed by atoms with E-state index in [4.69, 9.17) is 11.6 Å². The summed E-state index contributed by atoms with van der Waals surface area (Å²) < 4.78 is 0. The third-order valence-electron chi connectivity index (χ3n) is 6.48. The van der Waals surface area contributed by atoms with Crippen LogP contribution in [-0.2, 0) is 13.0 Å². The average Bonchev–Trinajstić information content (AvgIpc) is 3.28. The highest BCUT2D eigenvalue weighted by molar-refractivity contribution is 6.30. The van der Waals surface area contributed by atoms with E-state index in [0.29, 0.717) is 23.0 Å². The first-order valence-electron chi connectivity index (χ1n) is 11.2. The lowest BCUT2D eigenvalue weighted by Gasteiger charge is -2.19. The fraction of sp³-hybridized carbons (Fsp3) is 0.333. The maximum atomic E-state index is 12.8. The number of hydrogen-bond acceptors (Lipinski definition) is 3. The molecule has 1 aromatic heterocycles. The maximum absolute atomic E-state index is 12.8. The molecule has 0 radical (unpaired) electrons. The molecule has 0 spiro atoms. The van der Waals surface area contributed by atoms with Crippen molar-refractivity contribution in [3.63, 3.8) is 0 Å². The number of hydrogen-bond donors (Lipinski definition) is 1. The molecular weight excluding hydrogens is 420 g/mol. The summed E-state index contributed by atoms with van der Waals surface area (Å²) in [5, 5.41) is 11.5. The molecule has 0 bridgehead atoms. The molecule has 166 valence electrons. The fourth-order valence-electron chi connectivity index (χ4n) is 4.69. The topological polar surface area (TPSA) is 53.4 Å². The van der Waals surface area contributed by atoms with E-state index < -0.39 is 6.10 Å². The third-order valence-corrected chi connectivity index (χ3v) is 6.73. The Morgan fingerprint density at radius 3 is 2.41 bits per heavy atom. The highest BCUT2D eigenvalue weighted by Gasteiger charge is 2.30. The number of rotatable bonds is 7. The van der Waals surface area contributed by atoms with Gasteiger partial charge in [-0.2, -0.15) is 0 Å². The number of aliphatic hydroxyl groups excluding tert-OH is 1. The normalized spacial score (nSPS) is 19.0. The van der Waals surface area contributed by atoms with Crippen LogP contribution in [0.4, 0.5) is 0 Å². The van der Waals surface area contributed by atoms with Crippen LogP contribution >= 0.6 is 11.6 Å². The van der Waals surface area contributed by atoms with Gasteiger partial charge in [0, 0.05) is 36.6 Å². The number of nitrogens with zero attached hydrogens (tertiary/aromatic N) is 2. The molecule has 1 amide bonds. The molecule has 1 aliphatic carbocycles. The van der Waals surface area contributed by atoms with E-state index in [1.165, 1.54) is 5.56 Å². The number of aliphatic hydroxyl groups is 1. The Morgan fingerprint density at radius 2 is 1.72 bits per heavy atom. The number of carbonyl (C=O) groups excluding carboxylic acids is 1. The van der Waals surface area contributed by atoms with E-state index in [9.17, 15) is 9.90 Å². The zero-order valence-corrected chi connectivity index (χ0v) is 19.1. The molecule has 3 atom stereocenters. The lowest BCUT2D eigenvalue weighted by molar-refractivity contribution is 0.0785. The molecule has 4 rings (SSSR count). The molecule has 32 heavy (non-hydrogen) atoms. The van der Waals surface area contributed by atoms with Gasteiger partial charge in [-0.15, -0.1) is 0 Å². The second kappa shape index (κ2) is 10.3. The van der Waals surface area contributed by atoms with E-state index >= 15 is 0 Å². The Kier molecular flexibility index (Phi) is 7.23. The van der Waals surface area contributed by atoms with Crippen LogP contribution in [0.3, 0.4) is 0 Å². The van der Waals surface area contributed by atoms with Crippen LogP contribution in [0.1, 0.15) is 52.4 Å². The molecular formula is C27H29ClN2O2. The predicted molar refractivity (Wildman–Crippen MR) is 127 cm³/mol. The van der Waals surface area contributed by atoms with Gasteiger partial charge in [-0.25, -0.2) is 0 Å². The molecule has 4 nitrogen and oxygen atoms in total. The van der Waals surface area contributed by atoms with Crippen LogP contribution in [0.15, 0.2) is 73.1 Å². The van der Waals surface area contributed by atoms with Gasteiger partial charge >= 0.3 is 0 Å². The summed E-state index contributed by atoms with van der Waals surface area (Å²) in [6, 6.07) is 19.3. The van der Waals surface area contributed by atoms with Crippen molar-refractivity contribution >= 4 is 17.5 Å². The van der Waals surface area contributed by atoms with Gasteiger partial charge in [0.25, 0.3) is 5.91 Å². The highest BCUT2D eigenvalue weighted by Crippen LogP contribution is 2.40. The number of aromatic nitrogens is 1. The van der Waals surface area contributed by atoms with Crippen LogP contribution in [0, 0.1) is 11.8 Å². The summed E-state index contributed by atoms with van der Waals surface area (Å²) >= 11 is 5.97. The van der Waals surface area contributed by atoms with Crippen molar-refractivity contribution in [3.8, 4) is 0 Å². The molecule has 3 aromatic rings. The van der Waals surface area contributed by atoms with E-state index in [2.05, 4.69) is 17.1 Å². The summed E-state index contributed by atoms with van der Waals surface area (Å²) in [5.41, 5.74) is 3.94. The average molecular weight is 449 g/mol. The van der Waals surface area contributed by atoms with Crippen molar-refractivity contribution in [2.45, 2.75) is 38.3 Å². The number of pyridine rings is 1. The number of benzene rings is 2. The second-order valence-corrected chi connectivity index (χ2v) is 9.29. The van der Waals surface area contributed by atoms with Crippen molar-refractivity contribution in [1.29, 1.82) is 0 Å². The molecule has 2 aromatic carbocycles. The number of amides is 1. The summed E-state index contributed by atoms with van der Waals surface area (Å²) in [6.45, 7) is 0.558. The minimum Gasteiger partial charge on any atom is -0.388 e. The molecule has 0 saturated heterocycles. The van der Waals surface area contributed by atoms with E-state index in [-0.39, 0.29) is 11.8 Å². The quantitative estimate of drug-likeness (QED) is 0.504. The zero-order valence-electron chi connectivity index (χ0n) is 18.3. The van der Waals surface area contributed by atoms with E-state index in [1.54, 1.807) is 17.3 Å². The molecule has 0 aliphatic heterocycles. The Hall–Kier alpha value is -2.69. The van der Waals surface area contributed by atoms with Crippen LogP contribution in [0.2, 0.25) is 5.02 Å². The molecule has 0 unspecified atom stereocenters. The molecule has 1 heterocycles. The predicted octanol–water partition coefficient (Wildman–Crippen LogP) is 5.70. The van der Waals surface area contributed by atoms with Crippen LogP contribution in [0.25, 0.3) is 0 Å². The Bertz CT molecular complexity index is 1020. The molecule has 1 fully saturated rings. The summed E-state index contributed by atoms with van der Waals surface area (Å²) in [6.07, 6.45) is 7.18. The van der Waals surface area contributed by atoms with Gasteiger partial charge < -0.3 is 10.0 Å². The van der Waals surface area contributed by atoms with Crippen molar-refractivity contribution in [1.82, 2.24) is 9.88 Å². The summed E-state index contributed by atoms with van der Waals surface area (Å²) in [7, 11) is 1.82.